The van der Waals surface area contributed by atoms with Gasteiger partial charge in [0.2, 0.25) is 11.8 Å². The van der Waals surface area contributed by atoms with Gasteiger partial charge in [-0.15, -0.1) is 0 Å². The maximum Gasteiger partial charge on any atom is 0.242 e. The molecule has 4 bridgehead atoms. The van der Waals surface area contributed by atoms with Crippen molar-refractivity contribution in [1.82, 2.24) is 10.6 Å². The van der Waals surface area contributed by atoms with Crippen LogP contribution in [0.2, 0.25) is 0 Å². The Bertz CT molecular complexity index is 414. The molecule has 22 heavy (non-hydrogen) atoms. The number of ether oxygens (including phenoxy) is 1. The van der Waals surface area contributed by atoms with Gasteiger partial charge >= 0.3 is 0 Å². The molecule has 0 spiro atoms. The van der Waals surface area contributed by atoms with E-state index in [0.717, 1.165) is 37.0 Å². The summed E-state index contributed by atoms with van der Waals surface area (Å²) >= 11 is 0. The smallest absolute Gasteiger partial charge is 0.242 e. The molecule has 2 N–H and O–H groups in total. The number of hydrogen-bond donors (Lipinski definition) is 2. The Kier molecular flexibility index (Phi) is 4.44. The number of carbonyl (C=O) groups is 2. The third-order valence-corrected chi connectivity index (χ3v) is 5.87. The number of carbonyl (C=O) groups excluding carboxylic acids is 2. The van der Waals surface area contributed by atoms with Crippen LogP contribution in [0.25, 0.3) is 0 Å². The van der Waals surface area contributed by atoms with Gasteiger partial charge in [0.05, 0.1) is 6.61 Å². The van der Waals surface area contributed by atoms with Gasteiger partial charge in [-0.3, -0.25) is 9.59 Å². The fourth-order valence-electron chi connectivity index (χ4n) is 5.23. The van der Waals surface area contributed by atoms with E-state index in [9.17, 15) is 9.59 Å². The zero-order valence-corrected chi connectivity index (χ0v) is 13.7. The number of hydrogen-bond acceptors (Lipinski definition) is 3. The van der Waals surface area contributed by atoms with Crippen molar-refractivity contribution in [2.24, 2.45) is 23.2 Å². The highest BCUT2D eigenvalue weighted by Crippen LogP contribution is 2.60. The fourth-order valence-corrected chi connectivity index (χ4v) is 5.23. The minimum Gasteiger partial charge on any atom is -0.383 e. The largest absolute Gasteiger partial charge is 0.383 e. The molecule has 4 aliphatic carbocycles. The highest BCUT2D eigenvalue weighted by atomic mass is 16.5. The average Bonchev–Trinajstić information content (AvgIpc) is 2.45. The van der Waals surface area contributed by atoms with Crippen LogP contribution in [0.4, 0.5) is 0 Å². The lowest BCUT2D eigenvalue weighted by Gasteiger charge is -2.55. The van der Waals surface area contributed by atoms with Gasteiger partial charge in [-0.1, -0.05) is 0 Å². The molecule has 4 saturated carbocycles. The second-order valence-corrected chi connectivity index (χ2v) is 7.68. The molecule has 0 radical (unpaired) electrons. The SMILES string of the molecule is COCCNC(=O)[C@@H](C)NC(=O)C12CC3CC(CC(C3)C1)C2. The van der Waals surface area contributed by atoms with Crippen molar-refractivity contribution >= 4 is 11.8 Å². The van der Waals surface area contributed by atoms with E-state index in [0.29, 0.717) is 13.2 Å². The van der Waals surface area contributed by atoms with Crippen molar-refractivity contribution in [3.63, 3.8) is 0 Å². The molecule has 5 heteroatoms. The topological polar surface area (TPSA) is 67.4 Å². The van der Waals surface area contributed by atoms with Gasteiger partial charge in [-0.2, -0.15) is 0 Å². The summed E-state index contributed by atoms with van der Waals surface area (Å²) in [5.74, 6) is 2.20. The standard InChI is InChI=1S/C17H28N2O3/c1-11(15(20)18-3-4-22-2)19-16(21)17-8-12-5-13(9-17)7-14(6-12)10-17/h11-14H,3-10H2,1-2H3,(H,18,20)(H,19,21)/t11-,12?,13?,14?,17?/m1/s1. The molecule has 4 fully saturated rings. The van der Waals surface area contributed by atoms with Gasteiger partial charge in [-0.25, -0.2) is 0 Å². The summed E-state index contributed by atoms with van der Waals surface area (Å²) in [6.45, 7) is 2.73. The molecule has 0 heterocycles. The van der Waals surface area contributed by atoms with Gasteiger partial charge in [0, 0.05) is 19.1 Å². The van der Waals surface area contributed by atoms with Gasteiger partial charge in [0.15, 0.2) is 0 Å². The normalized spacial score (nSPS) is 36.9. The number of methoxy groups -OCH3 is 1. The zero-order chi connectivity index (χ0) is 15.7. The van der Waals surface area contributed by atoms with E-state index in [2.05, 4.69) is 10.6 Å². The van der Waals surface area contributed by atoms with E-state index >= 15 is 0 Å². The van der Waals surface area contributed by atoms with Crippen LogP contribution in [-0.2, 0) is 14.3 Å². The fraction of sp³-hybridized carbons (Fsp3) is 0.882. The molecule has 0 aromatic rings. The molecule has 5 nitrogen and oxygen atoms in total. The summed E-state index contributed by atoms with van der Waals surface area (Å²) in [6, 6.07) is -0.475. The van der Waals surface area contributed by atoms with Gasteiger partial charge in [0.25, 0.3) is 0 Å². The summed E-state index contributed by atoms with van der Waals surface area (Å²) in [5, 5.41) is 5.76. The molecular formula is C17H28N2O3. The zero-order valence-electron chi connectivity index (χ0n) is 13.7. The molecule has 124 valence electrons. The number of amides is 2. The second kappa shape index (κ2) is 6.19. The van der Waals surface area contributed by atoms with E-state index in [-0.39, 0.29) is 17.2 Å². The first-order chi connectivity index (χ1) is 10.5. The van der Waals surface area contributed by atoms with Gasteiger partial charge < -0.3 is 15.4 Å². The van der Waals surface area contributed by atoms with Crippen molar-refractivity contribution in [3.05, 3.63) is 0 Å². The monoisotopic (exact) mass is 308 g/mol. The third-order valence-electron chi connectivity index (χ3n) is 5.87. The molecule has 0 unspecified atom stereocenters. The summed E-state index contributed by atoms with van der Waals surface area (Å²) in [6.07, 6.45) is 7.05. The van der Waals surface area contributed by atoms with E-state index in [1.165, 1.54) is 19.3 Å². The lowest BCUT2D eigenvalue weighted by Crippen LogP contribution is -2.56. The lowest BCUT2D eigenvalue weighted by molar-refractivity contribution is -0.148. The second-order valence-electron chi connectivity index (χ2n) is 7.68. The molecule has 2 amide bonds. The molecule has 0 aromatic carbocycles. The summed E-state index contributed by atoms with van der Waals surface area (Å²) in [7, 11) is 1.60. The van der Waals surface area contributed by atoms with E-state index in [1.807, 2.05) is 0 Å². The van der Waals surface area contributed by atoms with Crippen LogP contribution in [0.1, 0.15) is 45.4 Å². The Labute approximate surface area is 132 Å². The number of rotatable bonds is 6. The summed E-state index contributed by atoms with van der Waals surface area (Å²) < 4.78 is 4.92. The highest BCUT2D eigenvalue weighted by Gasteiger charge is 2.54. The van der Waals surface area contributed by atoms with Crippen LogP contribution in [0.3, 0.4) is 0 Å². The van der Waals surface area contributed by atoms with E-state index in [4.69, 9.17) is 4.74 Å². The van der Waals surface area contributed by atoms with Crippen LogP contribution in [0, 0.1) is 23.2 Å². The van der Waals surface area contributed by atoms with E-state index in [1.54, 1.807) is 14.0 Å². The highest BCUT2D eigenvalue weighted by molar-refractivity contribution is 5.90. The van der Waals surface area contributed by atoms with Crippen molar-refractivity contribution in [3.8, 4) is 0 Å². The molecule has 4 rings (SSSR count). The minimum atomic E-state index is -0.475. The maximum absolute atomic E-state index is 12.8. The molecule has 4 aliphatic rings. The Morgan fingerprint density at radius 3 is 2.18 bits per heavy atom. The summed E-state index contributed by atoms with van der Waals surface area (Å²) in [5.41, 5.74) is -0.185. The Hall–Kier alpha value is -1.10. The van der Waals surface area contributed by atoms with Crippen LogP contribution in [-0.4, -0.2) is 38.1 Å². The first-order valence-corrected chi connectivity index (χ1v) is 8.60. The van der Waals surface area contributed by atoms with Crippen LogP contribution in [0.5, 0.6) is 0 Å². The molecule has 0 aliphatic heterocycles. The third kappa shape index (κ3) is 3.00. The number of nitrogens with one attached hydrogen (secondary N) is 2. The predicted molar refractivity (Wildman–Crippen MR) is 83.1 cm³/mol. The molecule has 0 aromatic heterocycles. The predicted octanol–water partition coefficient (Wildman–Crippen LogP) is 1.47. The quantitative estimate of drug-likeness (QED) is 0.730. The molecule has 1 atom stereocenters. The molecular weight excluding hydrogens is 280 g/mol. The van der Waals surface area contributed by atoms with E-state index < -0.39 is 6.04 Å². The Balaban J connectivity index is 1.56. The Morgan fingerprint density at radius 1 is 1.14 bits per heavy atom. The molecule has 0 saturated heterocycles. The Morgan fingerprint density at radius 2 is 1.68 bits per heavy atom. The maximum atomic E-state index is 12.8. The van der Waals surface area contributed by atoms with Gasteiger partial charge in [0.1, 0.15) is 6.04 Å². The van der Waals surface area contributed by atoms with Crippen molar-refractivity contribution in [1.29, 1.82) is 0 Å². The van der Waals surface area contributed by atoms with Crippen LogP contribution in [0.15, 0.2) is 0 Å². The van der Waals surface area contributed by atoms with Crippen LogP contribution >= 0.6 is 0 Å². The first kappa shape index (κ1) is 15.8. The lowest BCUT2D eigenvalue weighted by atomic mass is 9.49. The van der Waals surface area contributed by atoms with Gasteiger partial charge in [-0.05, 0) is 63.2 Å². The summed E-state index contributed by atoms with van der Waals surface area (Å²) in [4.78, 5) is 24.8. The first-order valence-electron chi connectivity index (χ1n) is 8.60. The van der Waals surface area contributed by atoms with Crippen molar-refractivity contribution in [2.45, 2.75) is 51.5 Å². The van der Waals surface area contributed by atoms with Crippen molar-refractivity contribution < 1.29 is 14.3 Å². The van der Waals surface area contributed by atoms with Crippen molar-refractivity contribution in [2.75, 3.05) is 20.3 Å². The average molecular weight is 308 g/mol. The minimum absolute atomic E-state index is 0.112. The van der Waals surface area contributed by atoms with Crippen LogP contribution < -0.4 is 10.6 Å².